The Bertz CT molecular complexity index is 416. The molecule has 0 aromatic heterocycles. The van der Waals surface area contributed by atoms with Gasteiger partial charge >= 0.3 is 0 Å². The molecular weight excluding hydrogens is 234 g/mol. The average Bonchev–Trinajstić information content (AvgIpc) is 2.26. The topological polar surface area (TPSA) is 29.1 Å². The highest BCUT2D eigenvalue weighted by atomic mass is 16.1. The zero-order valence-electron chi connectivity index (χ0n) is 12.9. The Morgan fingerprint density at radius 1 is 1.26 bits per heavy atom. The predicted molar refractivity (Wildman–Crippen MR) is 81.4 cm³/mol. The van der Waals surface area contributed by atoms with Gasteiger partial charge in [-0.3, -0.25) is 4.79 Å². The predicted octanol–water partition coefficient (Wildman–Crippen LogP) is 4.05. The second kappa shape index (κ2) is 6.74. The zero-order valence-corrected chi connectivity index (χ0v) is 12.9. The highest BCUT2D eigenvalue weighted by Gasteiger charge is 2.12. The van der Waals surface area contributed by atoms with Crippen LogP contribution in [0.2, 0.25) is 0 Å². The highest BCUT2D eigenvalue weighted by Crippen LogP contribution is 2.21. The maximum atomic E-state index is 12.0. The lowest BCUT2D eigenvalue weighted by molar-refractivity contribution is 0.0952. The van der Waals surface area contributed by atoms with Crippen molar-refractivity contribution in [1.29, 1.82) is 0 Å². The molecule has 1 rings (SSSR count). The first-order chi connectivity index (χ1) is 8.78. The number of hydrogen-bond donors (Lipinski definition) is 1. The average molecular weight is 261 g/mol. The summed E-state index contributed by atoms with van der Waals surface area (Å²) in [6, 6.07) is 7.96. The van der Waals surface area contributed by atoms with Crippen molar-refractivity contribution in [3.05, 3.63) is 35.4 Å². The van der Waals surface area contributed by atoms with Crippen molar-refractivity contribution >= 4 is 5.91 Å². The van der Waals surface area contributed by atoms with E-state index in [-0.39, 0.29) is 11.3 Å². The third-order valence-corrected chi connectivity index (χ3v) is 2.93. The minimum atomic E-state index is 0.0383. The molecule has 0 aliphatic heterocycles. The zero-order chi connectivity index (χ0) is 14.5. The van der Waals surface area contributed by atoms with E-state index in [4.69, 9.17) is 0 Å². The summed E-state index contributed by atoms with van der Waals surface area (Å²) in [5.74, 6) is 0.656. The van der Waals surface area contributed by atoms with Gasteiger partial charge in [-0.1, -0.05) is 46.8 Å². The lowest BCUT2D eigenvalue weighted by atomic mass is 9.87. The molecule has 0 saturated carbocycles. The number of nitrogens with one attached hydrogen (secondary N) is 1. The Labute approximate surface area is 117 Å². The van der Waals surface area contributed by atoms with Crippen LogP contribution in [0.4, 0.5) is 0 Å². The largest absolute Gasteiger partial charge is 0.352 e. The Kier molecular flexibility index (Phi) is 5.59. The quantitative estimate of drug-likeness (QED) is 0.851. The minimum absolute atomic E-state index is 0.0383. The smallest absolute Gasteiger partial charge is 0.251 e. The number of benzene rings is 1. The molecule has 2 heteroatoms. The molecule has 1 amide bonds. The van der Waals surface area contributed by atoms with Crippen LogP contribution in [0, 0.1) is 11.3 Å². The van der Waals surface area contributed by atoms with E-state index >= 15 is 0 Å². The molecule has 0 heterocycles. The summed E-state index contributed by atoms with van der Waals surface area (Å²) < 4.78 is 0. The van der Waals surface area contributed by atoms with E-state index in [1.54, 1.807) is 0 Å². The molecular formula is C17H27NO. The summed E-state index contributed by atoms with van der Waals surface area (Å²) in [5.41, 5.74) is 2.24. The molecule has 1 aromatic carbocycles. The first-order valence-corrected chi connectivity index (χ1v) is 7.15. The van der Waals surface area contributed by atoms with Crippen LogP contribution in [-0.2, 0) is 6.42 Å². The number of amides is 1. The van der Waals surface area contributed by atoms with Gasteiger partial charge in [-0.2, -0.15) is 0 Å². The van der Waals surface area contributed by atoms with Crippen LogP contribution in [0.1, 0.15) is 57.0 Å². The summed E-state index contributed by atoms with van der Waals surface area (Å²) in [6.07, 6.45) is 2.01. The highest BCUT2D eigenvalue weighted by molar-refractivity contribution is 5.94. The monoisotopic (exact) mass is 261 g/mol. The number of carbonyl (C=O) groups excluding carboxylic acids is 1. The Hall–Kier alpha value is -1.31. The van der Waals surface area contributed by atoms with Crippen LogP contribution in [-0.4, -0.2) is 12.5 Å². The van der Waals surface area contributed by atoms with Gasteiger partial charge in [0.1, 0.15) is 0 Å². The molecule has 0 atom stereocenters. The van der Waals surface area contributed by atoms with Gasteiger partial charge < -0.3 is 5.32 Å². The van der Waals surface area contributed by atoms with Gasteiger partial charge in [-0.05, 0) is 41.9 Å². The van der Waals surface area contributed by atoms with Crippen molar-refractivity contribution < 1.29 is 4.79 Å². The molecule has 0 unspecified atom stereocenters. The van der Waals surface area contributed by atoms with Crippen molar-refractivity contribution in [3.63, 3.8) is 0 Å². The summed E-state index contributed by atoms with van der Waals surface area (Å²) in [4.78, 5) is 12.0. The van der Waals surface area contributed by atoms with Gasteiger partial charge in [0.25, 0.3) is 5.91 Å². The second-order valence-electron chi connectivity index (χ2n) is 6.88. The van der Waals surface area contributed by atoms with Gasteiger partial charge in [-0.25, -0.2) is 0 Å². The molecule has 0 saturated heterocycles. The fourth-order valence-corrected chi connectivity index (χ4v) is 2.01. The Balaban J connectivity index is 2.63. The first-order valence-electron chi connectivity index (χ1n) is 7.15. The van der Waals surface area contributed by atoms with Gasteiger partial charge in [0.2, 0.25) is 0 Å². The maximum absolute atomic E-state index is 12.0. The fourth-order valence-electron chi connectivity index (χ4n) is 2.01. The third kappa shape index (κ3) is 6.42. The lowest BCUT2D eigenvalue weighted by Crippen LogP contribution is -2.25. The Morgan fingerprint density at radius 2 is 1.95 bits per heavy atom. The molecule has 19 heavy (non-hydrogen) atoms. The molecule has 1 aromatic rings. The molecule has 0 bridgehead atoms. The van der Waals surface area contributed by atoms with Crippen molar-refractivity contribution in [2.24, 2.45) is 11.3 Å². The molecule has 1 N–H and O–H groups in total. The Morgan fingerprint density at radius 3 is 2.53 bits per heavy atom. The van der Waals surface area contributed by atoms with Crippen LogP contribution < -0.4 is 5.32 Å². The van der Waals surface area contributed by atoms with Gasteiger partial charge in [-0.15, -0.1) is 0 Å². The molecule has 2 nitrogen and oxygen atoms in total. The van der Waals surface area contributed by atoms with E-state index in [2.05, 4.69) is 46.0 Å². The van der Waals surface area contributed by atoms with Crippen LogP contribution in [0.25, 0.3) is 0 Å². The number of rotatable bonds is 5. The van der Waals surface area contributed by atoms with Crippen LogP contribution >= 0.6 is 0 Å². The van der Waals surface area contributed by atoms with E-state index in [1.807, 2.05) is 18.2 Å². The minimum Gasteiger partial charge on any atom is -0.352 e. The van der Waals surface area contributed by atoms with Gasteiger partial charge in [0.15, 0.2) is 0 Å². The first kappa shape index (κ1) is 15.7. The summed E-state index contributed by atoms with van der Waals surface area (Å²) in [7, 11) is 0. The van der Waals surface area contributed by atoms with Crippen LogP contribution in [0.3, 0.4) is 0 Å². The van der Waals surface area contributed by atoms with Crippen molar-refractivity contribution in [3.8, 4) is 0 Å². The molecule has 0 radical (unpaired) electrons. The number of carbonyl (C=O) groups is 1. The normalized spacial score (nSPS) is 11.7. The van der Waals surface area contributed by atoms with E-state index < -0.39 is 0 Å². The van der Waals surface area contributed by atoms with Crippen LogP contribution in [0.15, 0.2) is 24.3 Å². The van der Waals surface area contributed by atoms with Crippen molar-refractivity contribution in [2.45, 2.75) is 47.5 Å². The van der Waals surface area contributed by atoms with Crippen molar-refractivity contribution in [1.82, 2.24) is 5.32 Å². The summed E-state index contributed by atoms with van der Waals surface area (Å²) in [6.45, 7) is 11.7. The lowest BCUT2D eigenvalue weighted by Gasteiger charge is -2.18. The SMILES string of the molecule is CC(C)CCNC(=O)c1cccc(CC(C)(C)C)c1. The van der Waals surface area contributed by atoms with Crippen molar-refractivity contribution in [2.75, 3.05) is 6.54 Å². The summed E-state index contributed by atoms with van der Waals surface area (Å²) in [5, 5.41) is 2.98. The van der Waals surface area contributed by atoms with E-state index in [0.29, 0.717) is 5.92 Å². The fraction of sp³-hybridized carbons (Fsp3) is 0.588. The standard InChI is InChI=1S/C17H27NO/c1-13(2)9-10-18-16(19)15-8-6-7-14(11-15)12-17(3,4)5/h6-8,11,13H,9-10,12H2,1-5H3,(H,18,19). The van der Waals surface area contributed by atoms with E-state index in [0.717, 1.165) is 24.9 Å². The van der Waals surface area contributed by atoms with Crippen LogP contribution in [0.5, 0.6) is 0 Å². The van der Waals surface area contributed by atoms with Gasteiger partial charge in [0, 0.05) is 12.1 Å². The van der Waals surface area contributed by atoms with E-state index in [9.17, 15) is 4.79 Å². The molecule has 0 aliphatic carbocycles. The molecule has 0 fully saturated rings. The number of hydrogen-bond acceptors (Lipinski definition) is 1. The summed E-state index contributed by atoms with van der Waals surface area (Å²) >= 11 is 0. The molecule has 106 valence electrons. The molecule has 0 spiro atoms. The van der Waals surface area contributed by atoms with E-state index in [1.165, 1.54) is 5.56 Å². The maximum Gasteiger partial charge on any atom is 0.251 e. The third-order valence-electron chi connectivity index (χ3n) is 2.93. The molecule has 0 aliphatic rings. The second-order valence-corrected chi connectivity index (χ2v) is 6.88. The van der Waals surface area contributed by atoms with Gasteiger partial charge in [0.05, 0.1) is 0 Å².